The topological polar surface area (TPSA) is 126 Å². The van der Waals surface area contributed by atoms with Crippen LogP contribution in [0.2, 0.25) is 0 Å². The second-order valence-corrected chi connectivity index (χ2v) is 2.06. The van der Waals surface area contributed by atoms with Crippen molar-refractivity contribution in [3.63, 3.8) is 0 Å². The van der Waals surface area contributed by atoms with E-state index in [-0.39, 0.29) is 141 Å². The van der Waals surface area contributed by atoms with Gasteiger partial charge in [0.05, 0.1) is 0 Å². The molecule has 0 unspecified atom stereocenters. The molecule has 0 aliphatic carbocycles. The summed E-state index contributed by atoms with van der Waals surface area (Å²) in [5.41, 5.74) is 0. The molecule has 48 valence electrons. The monoisotopic (exact) mass is 310 g/mol. The first-order valence-electron chi connectivity index (χ1n) is 1.22. The van der Waals surface area contributed by atoms with Gasteiger partial charge in [0.1, 0.15) is 0 Å². The summed E-state index contributed by atoms with van der Waals surface area (Å²) in [6, 6.07) is 0. The molecule has 0 fully saturated rings. The Hall–Kier alpha value is 5.40. The summed E-state index contributed by atoms with van der Waals surface area (Å²) < 4.78 is 51.5. The first-order chi connectivity index (χ1) is 3.46. The molecule has 0 radical (unpaired) electrons. The molecule has 0 heterocycles. The van der Waals surface area contributed by atoms with E-state index in [1.54, 1.807) is 0 Å². The van der Waals surface area contributed by atoms with Gasteiger partial charge in [0.25, 0.3) is 0 Å². The van der Waals surface area contributed by atoms with Gasteiger partial charge in [0, 0.05) is 0 Å². The van der Waals surface area contributed by atoms with E-state index in [0.717, 1.165) is 0 Å². The molecule has 0 aliphatic rings. The van der Waals surface area contributed by atoms with E-state index < -0.39 is 37.2 Å². The maximum absolute atomic E-state index is 8.58. The van der Waals surface area contributed by atoms with Crippen LogP contribution in [0.15, 0.2) is 0 Å². The zero-order valence-electron chi connectivity index (χ0n) is 6.16. The third kappa shape index (κ3) is 94.8. The number of hydrogen-bond donors (Lipinski definition) is 0. The van der Waals surface area contributed by atoms with E-state index in [1.165, 1.54) is 0 Å². The van der Waals surface area contributed by atoms with E-state index in [9.17, 15) is 0 Å². The molecule has 0 amide bonds. The fourth-order valence-electron chi connectivity index (χ4n) is 0. The summed E-state index contributed by atoms with van der Waals surface area (Å²) in [4.78, 5) is 0. The van der Waals surface area contributed by atoms with Gasteiger partial charge in [-0.25, -0.2) is 0 Å². The van der Waals surface area contributed by atoms with Gasteiger partial charge in [-0.2, -0.15) is 0 Å². The molecule has 0 aromatic carbocycles. The van der Waals surface area contributed by atoms with Crippen molar-refractivity contribution in [2.75, 3.05) is 0 Å². The van der Waals surface area contributed by atoms with Crippen molar-refractivity contribution in [1.29, 1.82) is 0 Å². The Balaban J connectivity index is -0.0000000171. The summed E-state index contributed by atoms with van der Waals surface area (Å²) in [6.45, 7) is 0. The second kappa shape index (κ2) is 24.6. The van der Waals surface area contributed by atoms with Crippen molar-refractivity contribution in [2.45, 2.75) is 0 Å². The van der Waals surface area contributed by atoms with Gasteiger partial charge in [0.15, 0.2) is 0 Å². The summed E-state index contributed by atoms with van der Waals surface area (Å²) in [6.07, 6.45) is 0. The van der Waals surface area contributed by atoms with Crippen molar-refractivity contribution in [3.8, 4) is 0 Å². The maximum atomic E-state index is 8.58. The third-order valence-corrected chi connectivity index (χ3v) is 0. The van der Waals surface area contributed by atoms with Crippen molar-refractivity contribution in [2.24, 2.45) is 0 Å². The molecule has 11 heavy (non-hydrogen) atoms. The zero-order chi connectivity index (χ0) is 7.15. The molecular formula is CaK2O6Ti2. The van der Waals surface area contributed by atoms with Gasteiger partial charge in [-0.05, 0) is 0 Å². The van der Waals surface area contributed by atoms with Gasteiger partial charge in [-0.1, -0.05) is 0 Å². The van der Waals surface area contributed by atoms with Crippen LogP contribution in [0.25, 0.3) is 0 Å². The second-order valence-electron chi connectivity index (χ2n) is 0.500. The Morgan fingerprint density at radius 2 is 0.727 bits per heavy atom. The summed E-state index contributed by atoms with van der Waals surface area (Å²) in [5.74, 6) is 0. The fraction of sp³-hybridized carbons (Fsp3) is 0. The number of rotatable bonds is 0. The molecule has 0 N–H and O–H groups in total. The molecule has 0 rings (SSSR count). The Kier molecular flexibility index (Phi) is 66.9. The minimum atomic E-state index is -4.08. The molecular weight excluding hydrogens is 310 g/mol. The molecule has 0 spiro atoms. The average molecular weight is 310 g/mol. The van der Waals surface area contributed by atoms with Crippen LogP contribution in [-0.2, 0) is 43.9 Å². The van der Waals surface area contributed by atoms with E-state index in [4.69, 9.17) is 21.4 Å². The predicted molar refractivity (Wildman–Crippen MR) is 7.13 cm³/mol. The van der Waals surface area contributed by atoms with Crippen molar-refractivity contribution >= 4 is 37.7 Å². The molecule has 0 saturated carbocycles. The van der Waals surface area contributed by atoms with Gasteiger partial charge in [0.2, 0.25) is 0 Å². The Labute approximate surface area is 193 Å². The quantitative estimate of drug-likeness (QED) is 0.409. The average Bonchev–Trinajstić information content (AvgIpc) is 1.25. The van der Waals surface area contributed by atoms with E-state index in [0.29, 0.717) is 0 Å². The summed E-state index contributed by atoms with van der Waals surface area (Å²) in [5, 5.41) is 0. The Morgan fingerprint density at radius 1 is 0.727 bits per heavy atom. The van der Waals surface area contributed by atoms with Crippen molar-refractivity contribution in [3.05, 3.63) is 0 Å². The molecule has 11 heteroatoms. The minimum absolute atomic E-state index is 0. The van der Waals surface area contributed by atoms with Crippen molar-refractivity contribution < 1.29 is 161 Å². The third-order valence-electron chi connectivity index (χ3n) is 0. The molecule has 6 nitrogen and oxygen atoms in total. The molecule has 0 saturated heterocycles. The molecule has 0 aromatic rings. The van der Waals surface area contributed by atoms with Crippen molar-refractivity contribution in [1.82, 2.24) is 0 Å². The van der Waals surface area contributed by atoms with Gasteiger partial charge < -0.3 is 0 Å². The van der Waals surface area contributed by atoms with Gasteiger partial charge in [-0.3, -0.25) is 0 Å². The van der Waals surface area contributed by atoms with Crippen LogP contribution in [-0.4, -0.2) is 37.7 Å². The predicted octanol–water partition coefficient (Wildman–Crippen LogP) is -11.4. The Bertz CT molecular complexity index is 76.6. The summed E-state index contributed by atoms with van der Waals surface area (Å²) >= 11 is -8.17. The van der Waals surface area contributed by atoms with E-state index in [2.05, 4.69) is 0 Å². The first-order valence-corrected chi connectivity index (χ1v) is 5.05. The van der Waals surface area contributed by atoms with Crippen LogP contribution < -0.4 is 118 Å². The first kappa shape index (κ1) is 29.9. The van der Waals surface area contributed by atoms with Crippen LogP contribution in [0.1, 0.15) is 0 Å². The normalized spacial score (nSPS) is 4.73. The molecule has 0 aliphatic heterocycles. The molecule has 0 bridgehead atoms. The standard InChI is InChI=1S/Ca.2K.6O.2Ti/q+2;2*+1;;;4*-1;;. The molecule has 0 aromatic heterocycles. The van der Waals surface area contributed by atoms with Crippen LogP contribution in [0.5, 0.6) is 0 Å². The van der Waals surface area contributed by atoms with Gasteiger partial charge in [-0.15, -0.1) is 0 Å². The van der Waals surface area contributed by atoms with E-state index in [1.807, 2.05) is 0 Å². The fourth-order valence-corrected chi connectivity index (χ4v) is 0. The molecule has 0 atom stereocenters. The van der Waals surface area contributed by atoms with Crippen LogP contribution in [0.3, 0.4) is 0 Å². The van der Waals surface area contributed by atoms with Crippen LogP contribution >= 0.6 is 0 Å². The Morgan fingerprint density at radius 3 is 0.727 bits per heavy atom. The van der Waals surface area contributed by atoms with Crippen LogP contribution in [0.4, 0.5) is 0 Å². The van der Waals surface area contributed by atoms with Gasteiger partial charge >= 0.3 is 199 Å². The van der Waals surface area contributed by atoms with Crippen LogP contribution in [0, 0.1) is 0 Å². The van der Waals surface area contributed by atoms with E-state index >= 15 is 0 Å². The number of hydrogen-bond acceptors (Lipinski definition) is 6. The zero-order valence-corrected chi connectivity index (χ0v) is 17.7. The summed E-state index contributed by atoms with van der Waals surface area (Å²) in [7, 11) is 0. The SMILES string of the molecule is [Ca+2].[K+].[K+].[O]=[Ti]([O-])[O-].[O]=[Ti]([O-])[O-].